The topological polar surface area (TPSA) is 95.1 Å². The van der Waals surface area contributed by atoms with Crippen LogP contribution in [0.3, 0.4) is 0 Å². The third kappa shape index (κ3) is 45.0. The molecule has 364 valence electrons. The summed E-state index contributed by atoms with van der Waals surface area (Å²) in [6.45, 7) is 15.1. The van der Waals surface area contributed by atoms with Gasteiger partial charge in [-0.05, 0) is 59.8 Å². The second-order valence-corrected chi connectivity index (χ2v) is 19.6. The van der Waals surface area contributed by atoms with Gasteiger partial charge in [-0.3, -0.25) is 4.79 Å². The lowest BCUT2D eigenvalue weighted by atomic mass is 10.0. The highest BCUT2D eigenvalue weighted by atomic mass is 16.6. The van der Waals surface area contributed by atoms with E-state index < -0.39 is 6.09 Å². The average Bonchev–Trinajstić information content (AvgIpc) is 3.23. The molecular formula is C53H106N2O6. The number of methoxy groups -OCH3 is 1. The fraction of sp³-hybridized carbons (Fsp3) is 0.962. The molecule has 8 nitrogen and oxygen atoms in total. The van der Waals surface area contributed by atoms with Crippen molar-refractivity contribution >= 4 is 12.0 Å². The van der Waals surface area contributed by atoms with E-state index >= 15 is 0 Å². The first kappa shape index (κ1) is 59.6. The van der Waals surface area contributed by atoms with Crippen LogP contribution in [0.25, 0.3) is 0 Å². The van der Waals surface area contributed by atoms with Crippen LogP contribution in [0.5, 0.6) is 0 Å². The van der Waals surface area contributed by atoms with Gasteiger partial charge in [0.25, 0.3) is 0 Å². The summed E-state index contributed by atoms with van der Waals surface area (Å²) in [5.74, 6) is 0.0153. The summed E-state index contributed by atoms with van der Waals surface area (Å²) >= 11 is 0. The van der Waals surface area contributed by atoms with Gasteiger partial charge in [-0.2, -0.15) is 0 Å². The molecule has 0 saturated heterocycles. The number of hydrogen-bond acceptors (Lipinski definition) is 6. The first-order valence-corrected chi connectivity index (χ1v) is 26.5. The smallest absolute Gasteiger partial charge is 0.407 e. The first-order valence-electron chi connectivity index (χ1n) is 26.5. The van der Waals surface area contributed by atoms with Crippen molar-refractivity contribution in [2.75, 3.05) is 40.1 Å². The van der Waals surface area contributed by atoms with Crippen LogP contribution in [-0.4, -0.2) is 69.3 Å². The molecule has 2 amide bonds. The van der Waals surface area contributed by atoms with E-state index in [-0.39, 0.29) is 29.8 Å². The Labute approximate surface area is 380 Å². The van der Waals surface area contributed by atoms with Crippen molar-refractivity contribution in [3.05, 3.63) is 0 Å². The van der Waals surface area contributed by atoms with Gasteiger partial charge < -0.3 is 29.6 Å². The van der Waals surface area contributed by atoms with Crippen molar-refractivity contribution < 1.29 is 28.5 Å². The Hall–Kier alpha value is -1.38. The third-order valence-corrected chi connectivity index (χ3v) is 12.5. The summed E-state index contributed by atoms with van der Waals surface area (Å²) in [4.78, 5) is 25.6. The zero-order valence-electron chi connectivity index (χ0n) is 42.0. The van der Waals surface area contributed by atoms with Crippen LogP contribution in [0.4, 0.5) is 4.79 Å². The minimum Gasteiger partial charge on any atom is -0.447 e. The summed E-state index contributed by atoms with van der Waals surface area (Å²) in [5, 5.41) is 5.98. The molecule has 0 aliphatic heterocycles. The van der Waals surface area contributed by atoms with E-state index in [9.17, 15) is 9.59 Å². The Balaban J connectivity index is 4.35. The monoisotopic (exact) mass is 867 g/mol. The minimum atomic E-state index is -0.463. The molecule has 0 rings (SSSR count). The van der Waals surface area contributed by atoms with Crippen LogP contribution in [0.2, 0.25) is 0 Å². The van der Waals surface area contributed by atoms with Gasteiger partial charge in [0.1, 0.15) is 6.61 Å². The SMILES string of the molecule is CCCCCCCCCCCCCCCCCCOCC(COC(=O)NCCCC(C)(C)OCCC(C)(C)OC)NC(=O)CCCCCCCCCCCCCCCCCC. The molecule has 0 radical (unpaired) electrons. The quantitative estimate of drug-likeness (QED) is 0.0592. The van der Waals surface area contributed by atoms with Gasteiger partial charge in [0, 0.05) is 26.7 Å². The Morgan fingerprint density at radius 3 is 1.31 bits per heavy atom. The van der Waals surface area contributed by atoms with Crippen LogP contribution >= 0.6 is 0 Å². The van der Waals surface area contributed by atoms with E-state index in [1.165, 1.54) is 186 Å². The molecule has 61 heavy (non-hydrogen) atoms. The molecule has 0 aromatic rings. The molecule has 0 aliphatic rings. The van der Waals surface area contributed by atoms with Crippen molar-refractivity contribution in [2.45, 2.75) is 290 Å². The number of alkyl carbamates (subject to hydrolysis) is 1. The van der Waals surface area contributed by atoms with E-state index in [1.54, 1.807) is 7.11 Å². The lowest BCUT2D eigenvalue weighted by Gasteiger charge is -2.29. The number of unbranched alkanes of at least 4 members (excludes halogenated alkanes) is 30. The predicted octanol–water partition coefficient (Wildman–Crippen LogP) is 15.5. The Kier molecular flexibility index (Phi) is 42.9. The van der Waals surface area contributed by atoms with E-state index in [1.807, 2.05) is 0 Å². The molecule has 1 atom stereocenters. The Morgan fingerprint density at radius 2 is 0.885 bits per heavy atom. The highest BCUT2D eigenvalue weighted by molar-refractivity contribution is 5.76. The standard InChI is InChI=1S/C53H106N2O6/c1-8-10-12-14-16-18-20-22-24-26-28-30-32-34-36-38-41-50(56)55-49(48-60-51(57)54-44-40-42-53(5,6)61-46-43-52(3,4)58-7)47-59-45-39-37-35-33-31-29-27-25-23-21-19-17-15-13-11-9-2/h49H,8-48H2,1-7H3,(H,54,57)(H,55,56). The maximum absolute atomic E-state index is 12.9. The highest BCUT2D eigenvalue weighted by Gasteiger charge is 2.22. The molecule has 0 aromatic heterocycles. The summed E-state index contributed by atoms with van der Waals surface area (Å²) < 4.78 is 23.2. The molecule has 8 heteroatoms. The molecule has 1 unspecified atom stereocenters. The van der Waals surface area contributed by atoms with Crippen molar-refractivity contribution in [2.24, 2.45) is 0 Å². The van der Waals surface area contributed by atoms with Gasteiger partial charge in [-0.15, -0.1) is 0 Å². The molecule has 0 aliphatic carbocycles. The zero-order chi connectivity index (χ0) is 45.0. The van der Waals surface area contributed by atoms with Crippen molar-refractivity contribution in [3.63, 3.8) is 0 Å². The normalized spacial score (nSPS) is 12.5. The van der Waals surface area contributed by atoms with Gasteiger partial charge in [-0.1, -0.05) is 206 Å². The van der Waals surface area contributed by atoms with E-state index in [0.29, 0.717) is 32.8 Å². The maximum Gasteiger partial charge on any atom is 0.407 e. The van der Waals surface area contributed by atoms with Gasteiger partial charge >= 0.3 is 6.09 Å². The van der Waals surface area contributed by atoms with E-state index in [2.05, 4.69) is 52.2 Å². The van der Waals surface area contributed by atoms with Gasteiger partial charge in [-0.25, -0.2) is 4.79 Å². The van der Waals surface area contributed by atoms with Gasteiger partial charge in [0.2, 0.25) is 5.91 Å². The molecule has 0 heterocycles. The van der Waals surface area contributed by atoms with Crippen molar-refractivity contribution in [1.82, 2.24) is 10.6 Å². The van der Waals surface area contributed by atoms with Crippen LogP contribution in [0, 0.1) is 0 Å². The van der Waals surface area contributed by atoms with Crippen LogP contribution in [-0.2, 0) is 23.7 Å². The lowest BCUT2D eigenvalue weighted by Crippen LogP contribution is -2.43. The minimum absolute atomic E-state index is 0.0153. The fourth-order valence-electron chi connectivity index (χ4n) is 7.92. The number of hydrogen-bond donors (Lipinski definition) is 2. The zero-order valence-corrected chi connectivity index (χ0v) is 42.0. The molecule has 0 fully saturated rings. The molecule has 0 saturated carbocycles. The van der Waals surface area contributed by atoms with Crippen LogP contribution < -0.4 is 10.6 Å². The fourth-order valence-corrected chi connectivity index (χ4v) is 7.92. The second kappa shape index (κ2) is 43.9. The molecule has 0 aromatic carbocycles. The van der Waals surface area contributed by atoms with Crippen LogP contribution in [0.1, 0.15) is 273 Å². The van der Waals surface area contributed by atoms with Crippen LogP contribution in [0.15, 0.2) is 0 Å². The Bertz CT molecular complexity index is 944. The summed E-state index contributed by atoms with van der Waals surface area (Å²) in [6, 6.07) is -0.357. The number of nitrogens with one attached hydrogen (secondary N) is 2. The first-order chi connectivity index (χ1) is 29.5. The summed E-state index contributed by atoms with van der Waals surface area (Å²) in [5.41, 5.74) is -0.498. The number of amides is 2. The molecular weight excluding hydrogens is 761 g/mol. The van der Waals surface area contributed by atoms with Crippen molar-refractivity contribution in [3.8, 4) is 0 Å². The lowest BCUT2D eigenvalue weighted by molar-refractivity contribution is -0.122. The summed E-state index contributed by atoms with van der Waals surface area (Å²) in [6.07, 6.45) is 44.9. The number of carbonyl (C=O) groups is 2. The number of rotatable bonds is 48. The predicted molar refractivity (Wildman–Crippen MR) is 261 cm³/mol. The average molecular weight is 867 g/mol. The number of carbonyl (C=O) groups excluding carboxylic acids is 2. The van der Waals surface area contributed by atoms with E-state index in [0.717, 1.165) is 38.5 Å². The molecule has 2 N–H and O–H groups in total. The maximum atomic E-state index is 12.9. The highest BCUT2D eigenvalue weighted by Crippen LogP contribution is 2.20. The summed E-state index contributed by atoms with van der Waals surface area (Å²) in [7, 11) is 1.73. The van der Waals surface area contributed by atoms with Gasteiger partial charge in [0.15, 0.2) is 0 Å². The Morgan fingerprint density at radius 1 is 0.475 bits per heavy atom. The molecule has 0 spiro atoms. The van der Waals surface area contributed by atoms with E-state index in [4.69, 9.17) is 18.9 Å². The third-order valence-electron chi connectivity index (χ3n) is 12.5. The largest absolute Gasteiger partial charge is 0.447 e. The second-order valence-electron chi connectivity index (χ2n) is 19.6. The number of ether oxygens (including phenoxy) is 4. The van der Waals surface area contributed by atoms with Gasteiger partial charge in [0.05, 0.1) is 30.5 Å². The molecule has 0 bridgehead atoms. The van der Waals surface area contributed by atoms with Crippen molar-refractivity contribution in [1.29, 1.82) is 0 Å².